The van der Waals surface area contributed by atoms with E-state index in [4.69, 9.17) is 21.7 Å². The molecule has 0 aromatic heterocycles. The molecule has 1 N–H and O–H groups in total. The number of nitrogens with zero attached hydrogens (tertiary/aromatic N) is 1. The third-order valence-electron chi connectivity index (χ3n) is 2.65. The van der Waals surface area contributed by atoms with Crippen molar-refractivity contribution in [1.82, 2.24) is 5.32 Å². The molecule has 0 bridgehead atoms. The smallest absolute Gasteiger partial charge is 0.280 e. The van der Waals surface area contributed by atoms with Gasteiger partial charge in [0.1, 0.15) is 4.32 Å². The van der Waals surface area contributed by atoms with Crippen molar-refractivity contribution in [2.45, 2.75) is 0 Å². The molecule has 3 rings (SSSR count). The molecular weight excluding hydrogens is 304 g/mol. The van der Waals surface area contributed by atoms with Crippen molar-refractivity contribution in [3.05, 3.63) is 32.7 Å². The number of thioether (sulfide) groups is 1. The van der Waals surface area contributed by atoms with Crippen LogP contribution in [-0.4, -0.2) is 21.9 Å². The van der Waals surface area contributed by atoms with Crippen molar-refractivity contribution in [1.29, 1.82) is 0 Å². The van der Waals surface area contributed by atoms with Crippen LogP contribution in [0.2, 0.25) is 0 Å². The van der Waals surface area contributed by atoms with Gasteiger partial charge in [0.25, 0.3) is 11.6 Å². The molecule has 1 saturated heterocycles. The second-order valence-electron chi connectivity index (χ2n) is 3.87. The lowest BCUT2D eigenvalue weighted by Crippen LogP contribution is -2.17. The van der Waals surface area contributed by atoms with Gasteiger partial charge in [0.15, 0.2) is 11.5 Å². The average Bonchev–Trinajstić information content (AvgIpc) is 2.94. The molecule has 20 heavy (non-hydrogen) atoms. The van der Waals surface area contributed by atoms with Gasteiger partial charge in [-0.05, 0) is 12.1 Å². The van der Waals surface area contributed by atoms with Crippen LogP contribution in [0.3, 0.4) is 0 Å². The molecule has 0 spiro atoms. The molecular formula is C11H6N2O5S2. The Morgan fingerprint density at radius 3 is 2.70 bits per heavy atom. The summed E-state index contributed by atoms with van der Waals surface area (Å²) in [5.74, 6) is 0.360. The summed E-state index contributed by atoms with van der Waals surface area (Å²) in [5.41, 5.74) is 0.106. The summed E-state index contributed by atoms with van der Waals surface area (Å²) in [6.45, 7) is 0.0197. The monoisotopic (exact) mass is 310 g/mol. The normalized spacial score (nSPS) is 18.5. The number of nitrogens with one attached hydrogen (secondary N) is 1. The molecule has 0 atom stereocenters. The van der Waals surface area contributed by atoms with Crippen LogP contribution >= 0.6 is 24.0 Å². The maximum absolute atomic E-state index is 11.6. The summed E-state index contributed by atoms with van der Waals surface area (Å²) in [5, 5.41) is 13.5. The molecule has 102 valence electrons. The van der Waals surface area contributed by atoms with Crippen LogP contribution in [0.4, 0.5) is 5.69 Å². The van der Waals surface area contributed by atoms with Gasteiger partial charge >= 0.3 is 0 Å². The van der Waals surface area contributed by atoms with E-state index in [1.165, 1.54) is 18.2 Å². The topological polar surface area (TPSA) is 90.7 Å². The minimum absolute atomic E-state index is 0.0197. The summed E-state index contributed by atoms with van der Waals surface area (Å²) in [4.78, 5) is 22.4. The highest BCUT2D eigenvalue weighted by molar-refractivity contribution is 8.26. The zero-order chi connectivity index (χ0) is 14.3. The number of fused-ring (bicyclic) bond motifs is 1. The predicted octanol–water partition coefficient (Wildman–Crippen LogP) is 1.81. The summed E-state index contributed by atoms with van der Waals surface area (Å²) >= 11 is 5.92. The molecule has 0 saturated carbocycles. The Bertz CT molecular complexity index is 686. The lowest BCUT2D eigenvalue weighted by molar-refractivity contribution is -0.385. The van der Waals surface area contributed by atoms with E-state index in [0.717, 1.165) is 11.8 Å². The van der Waals surface area contributed by atoms with E-state index in [0.29, 0.717) is 20.7 Å². The molecule has 1 aromatic rings. The number of rotatable bonds is 2. The first-order chi connectivity index (χ1) is 9.54. The largest absolute Gasteiger partial charge is 0.454 e. The molecule has 2 aliphatic rings. The average molecular weight is 310 g/mol. The highest BCUT2D eigenvalue weighted by Crippen LogP contribution is 2.39. The molecule has 0 aliphatic carbocycles. The Morgan fingerprint density at radius 2 is 2.10 bits per heavy atom. The lowest BCUT2D eigenvalue weighted by Gasteiger charge is -2.01. The van der Waals surface area contributed by atoms with E-state index >= 15 is 0 Å². The number of hydrogen-bond acceptors (Lipinski definition) is 7. The minimum atomic E-state index is -0.538. The van der Waals surface area contributed by atoms with Gasteiger partial charge in [0.05, 0.1) is 21.5 Å². The number of carbonyl (C=O) groups excluding carboxylic acids is 1. The highest BCUT2D eigenvalue weighted by atomic mass is 32.2. The second-order valence-corrected chi connectivity index (χ2v) is 5.59. The number of benzene rings is 1. The van der Waals surface area contributed by atoms with Gasteiger partial charge in [-0.2, -0.15) is 0 Å². The molecule has 1 fully saturated rings. The third-order valence-corrected chi connectivity index (χ3v) is 3.81. The number of amides is 1. The first kappa shape index (κ1) is 12.9. The molecule has 7 nitrogen and oxygen atoms in total. The number of nitro groups is 1. The fourth-order valence-corrected chi connectivity index (χ4v) is 2.82. The van der Waals surface area contributed by atoms with Gasteiger partial charge in [0, 0.05) is 0 Å². The summed E-state index contributed by atoms with van der Waals surface area (Å²) in [6, 6.07) is 2.76. The fraction of sp³-hybridized carbons (Fsp3) is 0.0909. The Morgan fingerprint density at radius 1 is 1.40 bits per heavy atom. The first-order valence-corrected chi connectivity index (χ1v) is 6.60. The zero-order valence-corrected chi connectivity index (χ0v) is 11.4. The third kappa shape index (κ3) is 2.21. The van der Waals surface area contributed by atoms with E-state index in [9.17, 15) is 14.9 Å². The van der Waals surface area contributed by atoms with Gasteiger partial charge in [-0.25, -0.2) is 0 Å². The number of carbonyl (C=O) groups is 1. The Balaban J connectivity index is 2.09. The zero-order valence-electron chi connectivity index (χ0n) is 9.74. The molecule has 0 unspecified atom stereocenters. The van der Waals surface area contributed by atoms with E-state index in [1.807, 2.05) is 0 Å². The maximum atomic E-state index is 11.6. The van der Waals surface area contributed by atoms with Gasteiger partial charge in [-0.15, -0.1) is 0 Å². The van der Waals surface area contributed by atoms with Gasteiger partial charge in [-0.1, -0.05) is 24.0 Å². The molecule has 2 heterocycles. The Hall–Kier alpha value is -2.13. The van der Waals surface area contributed by atoms with E-state index in [2.05, 4.69) is 5.32 Å². The quantitative estimate of drug-likeness (QED) is 0.385. The van der Waals surface area contributed by atoms with E-state index < -0.39 is 4.92 Å². The van der Waals surface area contributed by atoms with Gasteiger partial charge in [-0.3, -0.25) is 14.9 Å². The van der Waals surface area contributed by atoms with Crippen molar-refractivity contribution in [2.75, 3.05) is 6.79 Å². The van der Waals surface area contributed by atoms with Crippen LogP contribution in [0, 0.1) is 10.1 Å². The molecule has 2 aliphatic heterocycles. The van der Waals surface area contributed by atoms with Gasteiger partial charge < -0.3 is 14.8 Å². The molecule has 1 amide bonds. The Kier molecular flexibility index (Phi) is 3.07. The summed E-state index contributed by atoms with van der Waals surface area (Å²) in [6.07, 6.45) is 1.42. The molecule has 1 aromatic carbocycles. The van der Waals surface area contributed by atoms with Crippen LogP contribution in [0.1, 0.15) is 5.56 Å². The Labute approximate surface area is 122 Å². The van der Waals surface area contributed by atoms with Crippen molar-refractivity contribution < 1.29 is 19.2 Å². The van der Waals surface area contributed by atoms with Crippen molar-refractivity contribution in [3.63, 3.8) is 0 Å². The van der Waals surface area contributed by atoms with Crippen LogP contribution in [-0.2, 0) is 4.79 Å². The van der Waals surface area contributed by atoms with Crippen LogP contribution in [0.5, 0.6) is 11.5 Å². The predicted molar refractivity (Wildman–Crippen MR) is 75.5 cm³/mol. The minimum Gasteiger partial charge on any atom is -0.454 e. The maximum Gasteiger partial charge on any atom is 0.280 e. The van der Waals surface area contributed by atoms with E-state index in [-0.39, 0.29) is 24.0 Å². The molecule has 0 radical (unpaired) electrons. The number of hydrogen-bond donors (Lipinski definition) is 1. The summed E-state index contributed by atoms with van der Waals surface area (Å²) < 4.78 is 10.6. The van der Waals surface area contributed by atoms with Gasteiger partial charge in [0.2, 0.25) is 6.79 Å². The van der Waals surface area contributed by atoms with E-state index in [1.54, 1.807) is 0 Å². The highest BCUT2D eigenvalue weighted by Gasteiger charge is 2.26. The first-order valence-electron chi connectivity index (χ1n) is 5.37. The van der Waals surface area contributed by atoms with Crippen LogP contribution in [0.15, 0.2) is 17.0 Å². The second kappa shape index (κ2) is 4.76. The van der Waals surface area contributed by atoms with Crippen molar-refractivity contribution in [2.24, 2.45) is 0 Å². The molecule has 9 heteroatoms. The standard InChI is InChI=1S/C11H6N2O5S2/c14-10-9(20-11(19)12-10)2-5-1-7-8(18-4-17-7)3-6(5)13(15)16/h1-3H,4H2,(H,12,14,19)/b9-2-. The SMILES string of the molecule is O=C1NC(=S)S/C1=C\c1cc2c(cc1[N+](=O)[O-])OCO2. The van der Waals surface area contributed by atoms with Crippen molar-refractivity contribution >= 4 is 46.0 Å². The van der Waals surface area contributed by atoms with Crippen LogP contribution < -0.4 is 14.8 Å². The fourth-order valence-electron chi connectivity index (χ4n) is 1.78. The lowest BCUT2D eigenvalue weighted by atomic mass is 10.1. The number of nitro benzene ring substituents is 1. The number of thiocarbonyl (C=S) groups is 1. The van der Waals surface area contributed by atoms with Crippen molar-refractivity contribution in [3.8, 4) is 11.5 Å². The van der Waals surface area contributed by atoms with Crippen LogP contribution in [0.25, 0.3) is 6.08 Å². The number of ether oxygens (including phenoxy) is 2. The summed E-state index contributed by atoms with van der Waals surface area (Å²) in [7, 11) is 0.